The van der Waals surface area contributed by atoms with Crippen molar-refractivity contribution >= 4 is 5.91 Å². The van der Waals surface area contributed by atoms with Gasteiger partial charge < -0.3 is 14.2 Å². The molecule has 4 rings (SSSR count). The first kappa shape index (κ1) is 20.0. The Morgan fingerprint density at radius 3 is 2.83 bits per heavy atom. The number of rotatable bonds is 5. The van der Waals surface area contributed by atoms with Crippen molar-refractivity contribution in [3.8, 4) is 5.75 Å². The van der Waals surface area contributed by atoms with E-state index < -0.39 is 0 Å². The number of nitrogens with zero attached hydrogens (tertiary/aromatic N) is 3. The van der Waals surface area contributed by atoms with Crippen molar-refractivity contribution in [3.63, 3.8) is 0 Å². The summed E-state index contributed by atoms with van der Waals surface area (Å²) in [5, 5.41) is 4.27. The zero-order valence-electron chi connectivity index (χ0n) is 17.5. The van der Waals surface area contributed by atoms with E-state index in [1.807, 2.05) is 23.1 Å². The van der Waals surface area contributed by atoms with Crippen LogP contribution in [0.15, 0.2) is 34.9 Å². The van der Waals surface area contributed by atoms with Gasteiger partial charge in [-0.1, -0.05) is 24.2 Å². The number of carbonyl (C=O) groups is 1. The summed E-state index contributed by atoms with van der Waals surface area (Å²) in [6, 6.07) is 10.1. The van der Waals surface area contributed by atoms with Gasteiger partial charge in [-0.25, -0.2) is 0 Å². The molecule has 1 amide bonds. The molecule has 0 spiro atoms. The van der Waals surface area contributed by atoms with Crippen LogP contribution in [0.2, 0.25) is 0 Å². The molecule has 6 nitrogen and oxygen atoms in total. The van der Waals surface area contributed by atoms with E-state index in [2.05, 4.69) is 29.1 Å². The maximum atomic E-state index is 12.7. The molecule has 2 aliphatic heterocycles. The fourth-order valence-electron chi connectivity index (χ4n) is 4.42. The minimum atomic E-state index is -0.0142. The number of carbonyl (C=O) groups excluding carboxylic acids is 1. The van der Waals surface area contributed by atoms with Gasteiger partial charge in [-0.2, -0.15) is 0 Å². The Balaban J connectivity index is 1.38. The van der Waals surface area contributed by atoms with Crippen LogP contribution in [0.3, 0.4) is 0 Å². The van der Waals surface area contributed by atoms with Gasteiger partial charge in [0.05, 0.1) is 12.8 Å². The molecule has 1 atom stereocenters. The maximum absolute atomic E-state index is 12.7. The molecule has 0 saturated carbocycles. The molecule has 0 radical (unpaired) electrons. The highest BCUT2D eigenvalue weighted by molar-refractivity contribution is 5.91. The molecule has 0 bridgehead atoms. The van der Waals surface area contributed by atoms with Crippen molar-refractivity contribution in [1.82, 2.24) is 15.0 Å². The van der Waals surface area contributed by atoms with E-state index >= 15 is 0 Å². The quantitative estimate of drug-likeness (QED) is 0.765. The van der Waals surface area contributed by atoms with Gasteiger partial charge in [-0.05, 0) is 55.8 Å². The van der Waals surface area contributed by atoms with Crippen molar-refractivity contribution in [3.05, 3.63) is 47.3 Å². The largest absolute Gasteiger partial charge is 0.497 e. The summed E-state index contributed by atoms with van der Waals surface area (Å²) in [7, 11) is 1.70. The average Bonchev–Trinajstić information content (AvgIpc) is 3.24. The van der Waals surface area contributed by atoms with Gasteiger partial charge in [-0.15, -0.1) is 0 Å². The number of ether oxygens (including phenoxy) is 1. The van der Waals surface area contributed by atoms with Gasteiger partial charge in [0.15, 0.2) is 0 Å². The molecule has 0 unspecified atom stereocenters. The van der Waals surface area contributed by atoms with E-state index in [0.717, 1.165) is 69.9 Å². The number of amides is 1. The van der Waals surface area contributed by atoms with E-state index in [-0.39, 0.29) is 5.91 Å². The molecular weight excluding hydrogens is 366 g/mol. The highest BCUT2D eigenvalue weighted by Crippen LogP contribution is 2.28. The molecule has 0 N–H and O–H groups in total. The van der Waals surface area contributed by atoms with Crippen LogP contribution in [0.5, 0.6) is 5.75 Å². The van der Waals surface area contributed by atoms with Gasteiger partial charge in [0.2, 0.25) is 5.76 Å². The topological polar surface area (TPSA) is 58.8 Å². The number of likely N-dealkylation sites (tertiary alicyclic amines) is 2. The predicted octanol–water partition coefficient (Wildman–Crippen LogP) is 3.93. The second kappa shape index (κ2) is 8.99. The van der Waals surface area contributed by atoms with E-state index in [1.54, 1.807) is 7.11 Å². The van der Waals surface area contributed by atoms with Crippen molar-refractivity contribution < 1.29 is 14.1 Å². The zero-order chi connectivity index (χ0) is 20.2. The molecule has 2 aliphatic rings. The van der Waals surface area contributed by atoms with Gasteiger partial charge in [0.1, 0.15) is 5.75 Å². The van der Waals surface area contributed by atoms with Crippen molar-refractivity contribution in [2.24, 2.45) is 5.92 Å². The minimum Gasteiger partial charge on any atom is -0.497 e. The van der Waals surface area contributed by atoms with Gasteiger partial charge in [-0.3, -0.25) is 9.69 Å². The molecule has 1 aromatic heterocycles. The standard InChI is InChI=1S/C23H31N3O3/c1-17-8-11-26(12-9-17)23(27)22-14-21(24-29-22)19-6-4-10-25(16-19)15-18-5-3-7-20(13-18)28-2/h3,5,7,13-14,17,19H,4,6,8-12,15-16H2,1-2H3/t19-/m0/s1. The monoisotopic (exact) mass is 397 g/mol. The average molecular weight is 398 g/mol. The summed E-state index contributed by atoms with van der Waals surface area (Å²) >= 11 is 0. The first-order valence-electron chi connectivity index (χ1n) is 10.7. The van der Waals surface area contributed by atoms with Crippen LogP contribution in [0, 0.1) is 5.92 Å². The van der Waals surface area contributed by atoms with Gasteiger partial charge >= 0.3 is 0 Å². The molecule has 2 fully saturated rings. The lowest BCUT2D eigenvalue weighted by Crippen LogP contribution is -2.37. The molecule has 1 aromatic carbocycles. The minimum absolute atomic E-state index is 0.0142. The Morgan fingerprint density at radius 1 is 1.21 bits per heavy atom. The number of methoxy groups -OCH3 is 1. The van der Waals surface area contributed by atoms with Crippen LogP contribution >= 0.6 is 0 Å². The Morgan fingerprint density at radius 2 is 2.03 bits per heavy atom. The Hall–Kier alpha value is -2.34. The van der Waals surface area contributed by atoms with E-state index in [0.29, 0.717) is 17.6 Å². The maximum Gasteiger partial charge on any atom is 0.292 e. The molecule has 6 heteroatoms. The second-order valence-electron chi connectivity index (χ2n) is 8.52. The predicted molar refractivity (Wildman–Crippen MR) is 111 cm³/mol. The van der Waals surface area contributed by atoms with E-state index in [4.69, 9.17) is 9.26 Å². The molecule has 2 aromatic rings. The van der Waals surface area contributed by atoms with Crippen LogP contribution in [0.4, 0.5) is 0 Å². The normalized spacial score (nSPS) is 21.3. The SMILES string of the molecule is COc1cccc(CN2CCC[C@H](c3cc(C(=O)N4CCC(C)CC4)on3)C2)c1. The van der Waals surface area contributed by atoms with Crippen LogP contribution < -0.4 is 4.74 Å². The summed E-state index contributed by atoms with van der Waals surface area (Å²) < 4.78 is 10.8. The van der Waals surface area contributed by atoms with Gasteiger partial charge in [0, 0.05) is 38.2 Å². The molecule has 3 heterocycles. The van der Waals surface area contributed by atoms with Crippen LogP contribution in [-0.4, -0.2) is 54.2 Å². The summed E-state index contributed by atoms with van der Waals surface area (Å²) in [5.74, 6) is 2.27. The third kappa shape index (κ3) is 4.81. The fourth-order valence-corrected chi connectivity index (χ4v) is 4.42. The van der Waals surface area contributed by atoms with Crippen molar-refractivity contribution in [2.75, 3.05) is 33.3 Å². The van der Waals surface area contributed by atoms with E-state index in [1.165, 1.54) is 5.56 Å². The smallest absolute Gasteiger partial charge is 0.292 e. The summed E-state index contributed by atoms with van der Waals surface area (Å²) in [4.78, 5) is 17.1. The lowest BCUT2D eigenvalue weighted by molar-refractivity contribution is 0.0655. The number of benzene rings is 1. The lowest BCUT2D eigenvalue weighted by Gasteiger charge is -2.31. The zero-order valence-corrected chi connectivity index (χ0v) is 17.5. The van der Waals surface area contributed by atoms with Crippen LogP contribution in [0.1, 0.15) is 60.3 Å². The third-order valence-electron chi connectivity index (χ3n) is 6.27. The summed E-state index contributed by atoms with van der Waals surface area (Å²) in [6.07, 6.45) is 4.33. The van der Waals surface area contributed by atoms with Crippen molar-refractivity contribution in [1.29, 1.82) is 0 Å². The Bertz CT molecular complexity index is 826. The highest BCUT2D eigenvalue weighted by Gasteiger charge is 2.28. The highest BCUT2D eigenvalue weighted by atomic mass is 16.5. The number of piperidine rings is 2. The Labute approximate surface area is 172 Å². The van der Waals surface area contributed by atoms with Crippen LogP contribution in [-0.2, 0) is 6.54 Å². The first-order chi connectivity index (χ1) is 14.1. The molecule has 2 saturated heterocycles. The lowest BCUT2D eigenvalue weighted by atomic mass is 9.94. The number of hydrogen-bond donors (Lipinski definition) is 0. The number of hydrogen-bond acceptors (Lipinski definition) is 5. The summed E-state index contributed by atoms with van der Waals surface area (Å²) in [6.45, 7) is 6.77. The first-order valence-corrected chi connectivity index (χ1v) is 10.7. The molecular formula is C23H31N3O3. The number of aromatic nitrogens is 1. The van der Waals surface area contributed by atoms with Crippen molar-refractivity contribution in [2.45, 2.75) is 45.1 Å². The summed E-state index contributed by atoms with van der Waals surface area (Å²) in [5.41, 5.74) is 2.16. The molecule has 0 aliphatic carbocycles. The molecule has 156 valence electrons. The fraction of sp³-hybridized carbons (Fsp3) is 0.565. The Kier molecular flexibility index (Phi) is 6.19. The molecule has 29 heavy (non-hydrogen) atoms. The second-order valence-corrected chi connectivity index (χ2v) is 8.52. The third-order valence-corrected chi connectivity index (χ3v) is 6.27. The van der Waals surface area contributed by atoms with Gasteiger partial charge in [0.25, 0.3) is 5.91 Å². The van der Waals surface area contributed by atoms with Crippen LogP contribution in [0.25, 0.3) is 0 Å². The van der Waals surface area contributed by atoms with E-state index in [9.17, 15) is 4.79 Å².